The van der Waals surface area contributed by atoms with Crippen LogP contribution in [0.1, 0.15) is 44.6 Å². The Balaban J connectivity index is 1.83. The summed E-state index contributed by atoms with van der Waals surface area (Å²) in [6.07, 6.45) is 6.49. The van der Waals surface area contributed by atoms with Crippen molar-refractivity contribution in [3.63, 3.8) is 0 Å². The standard InChI is InChI=1S/C16H23ClN2/c1-2-13-5-4-10-19(13)16-7-3-6-15(17)14(16)11-18-12-8-9-12/h3,6-7,12-13,18H,2,4-5,8-11H2,1H3. The van der Waals surface area contributed by atoms with Crippen LogP contribution in [0, 0.1) is 0 Å². The summed E-state index contributed by atoms with van der Waals surface area (Å²) in [7, 11) is 0. The maximum absolute atomic E-state index is 6.44. The van der Waals surface area contributed by atoms with E-state index in [1.165, 1.54) is 49.9 Å². The van der Waals surface area contributed by atoms with E-state index in [1.54, 1.807) is 0 Å². The number of anilines is 1. The molecule has 0 spiro atoms. The van der Waals surface area contributed by atoms with Crippen molar-refractivity contribution in [1.29, 1.82) is 0 Å². The molecule has 0 radical (unpaired) electrons. The lowest BCUT2D eigenvalue weighted by atomic mass is 10.1. The van der Waals surface area contributed by atoms with E-state index < -0.39 is 0 Å². The first-order valence-corrected chi connectivity index (χ1v) is 7.94. The molecule has 1 saturated carbocycles. The van der Waals surface area contributed by atoms with Crippen molar-refractivity contribution in [2.24, 2.45) is 0 Å². The third kappa shape index (κ3) is 2.90. The molecule has 0 amide bonds. The normalized spacial score (nSPS) is 23.1. The molecule has 2 nitrogen and oxygen atoms in total. The van der Waals surface area contributed by atoms with E-state index in [4.69, 9.17) is 11.6 Å². The van der Waals surface area contributed by atoms with Crippen molar-refractivity contribution in [2.75, 3.05) is 11.4 Å². The van der Waals surface area contributed by atoms with Crippen LogP contribution >= 0.6 is 11.6 Å². The summed E-state index contributed by atoms with van der Waals surface area (Å²) in [5.74, 6) is 0. The van der Waals surface area contributed by atoms with Gasteiger partial charge < -0.3 is 10.2 Å². The van der Waals surface area contributed by atoms with Gasteiger partial charge in [0.1, 0.15) is 0 Å². The number of benzene rings is 1. The predicted molar refractivity (Wildman–Crippen MR) is 82.0 cm³/mol. The van der Waals surface area contributed by atoms with Gasteiger partial charge in [0.05, 0.1) is 0 Å². The smallest absolute Gasteiger partial charge is 0.0471 e. The zero-order chi connectivity index (χ0) is 13.2. The predicted octanol–water partition coefficient (Wildman–Crippen LogP) is 3.97. The first-order chi connectivity index (χ1) is 9.29. The molecule has 3 rings (SSSR count). The van der Waals surface area contributed by atoms with Gasteiger partial charge in [-0.2, -0.15) is 0 Å². The van der Waals surface area contributed by atoms with Crippen LogP contribution in [0.15, 0.2) is 18.2 Å². The van der Waals surface area contributed by atoms with Gasteiger partial charge in [-0.25, -0.2) is 0 Å². The molecule has 1 N–H and O–H groups in total. The van der Waals surface area contributed by atoms with Crippen LogP contribution < -0.4 is 10.2 Å². The molecule has 0 bridgehead atoms. The molecule has 1 heterocycles. The molecule has 19 heavy (non-hydrogen) atoms. The van der Waals surface area contributed by atoms with Gasteiger partial charge in [0, 0.05) is 41.4 Å². The minimum atomic E-state index is 0.693. The first kappa shape index (κ1) is 13.3. The Kier molecular flexibility index (Phi) is 3.99. The number of halogens is 1. The van der Waals surface area contributed by atoms with Crippen molar-refractivity contribution < 1.29 is 0 Å². The lowest BCUT2D eigenvalue weighted by molar-refractivity contribution is 0.637. The van der Waals surface area contributed by atoms with Gasteiger partial charge in [-0.05, 0) is 44.2 Å². The quantitative estimate of drug-likeness (QED) is 0.877. The van der Waals surface area contributed by atoms with Crippen molar-refractivity contribution in [3.8, 4) is 0 Å². The first-order valence-electron chi connectivity index (χ1n) is 7.57. The van der Waals surface area contributed by atoms with Crippen LogP contribution in [0.3, 0.4) is 0 Å². The lowest BCUT2D eigenvalue weighted by Crippen LogP contribution is -2.30. The largest absolute Gasteiger partial charge is 0.368 e. The fourth-order valence-corrected chi connectivity index (χ4v) is 3.34. The summed E-state index contributed by atoms with van der Waals surface area (Å²) in [5, 5.41) is 4.51. The van der Waals surface area contributed by atoms with Gasteiger partial charge in [0.2, 0.25) is 0 Å². The topological polar surface area (TPSA) is 15.3 Å². The molecule has 1 aliphatic carbocycles. The average Bonchev–Trinajstić information content (AvgIpc) is 3.12. The Labute approximate surface area is 121 Å². The van der Waals surface area contributed by atoms with Gasteiger partial charge in [-0.3, -0.25) is 0 Å². The molecule has 1 aromatic carbocycles. The Morgan fingerprint density at radius 1 is 1.32 bits per heavy atom. The summed E-state index contributed by atoms with van der Waals surface area (Å²) < 4.78 is 0. The third-order valence-corrected chi connectivity index (χ3v) is 4.75. The van der Waals surface area contributed by atoms with Crippen LogP contribution in [-0.2, 0) is 6.54 Å². The van der Waals surface area contributed by atoms with Gasteiger partial charge in [0.25, 0.3) is 0 Å². The number of nitrogens with one attached hydrogen (secondary N) is 1. The van der Waals surface area contributed by atoms with E-state index in [9.17, 15) is 0 Å². The van der Waals surface area contributed by atoms with Crippen LogP contribution in [0.2, 0.25) is 5.02 Å². The summed E-state index contributed by atoms with van der Waals surface area (Å²) in [6.45, 7) is 4.37. The highest BCUT2D eigenvalue weighted by atomic mass is 35.5. The molecular formula is C16H23ClN2. The number of rotatable bonds is 5. The second kappa shape index (κ2) is 5.72. The molecule has 1 aromatic rings. The molecule has 1 atom stereocenters. The maximum atomic E-state index is 6.44. The number of nitrogens with zero attached hydrogens (tertiary/aromatic N) is 1. The SMILES string of the molecule is CCC1CCCN1c1cccc(Cl)c1CNC1CC1. The summed E-state index contributed by atoms with van der Waals surface area (Å²) in [6, 6.07) is 7.77. The van der Waals surface area contributed by atoms with E-state index in [1.807, 2.05) is 6.07 Å². The highest BCUT2D eigenvalue weighted by molar-refractivity contribution is 6.31. The zero-order valence-corrected chi connectivity index (χ0v) is 12.4. The van der Waals surface area contributed by atoms with Crippen molar-refractivity contribution in [2.45, 2.75) is 57.7 Å². The molecule has 1 unspecified atom stereocenters. The van der Waals surface area contributed by atoms with Gasteiger partial charge in [-0.1, -0.05) is 24.6 Å². The van der Waals surface area contributed by atoms with Gasteiger partial charge in [-0.15, -0.1) is 0 Å². The second-order valence-electron chi connectivity index (χ2n) is 5.79. The zero-order valence-electron chi connectivity index (χ0n) is 11.7. The molecule has 104 valence electrons. The number of hydrogen-bond donors (Lipinski definition) is 1. The van der Waals surface area contributed by atoms with Crippen molar-refractivity contribution >= 4 is 17.3 Å². The highest BCUT2D eigenvalue weighted by Crippen LogP contribution is 2.34. The minimum Gasteiger partial charge on any atom is -0.368 e. The Hall–Kier alpha value is -0.730. The van der Waals surface area contributed by atoms with Crippen LogP contribution in [0.25, 0.3) is 0 Å². The maximum Gasteiger partial charge on any atom is 0.0471 e. The van der Waals surface area contributed by atoms with Crippen LogP contribution in [0.4, 0.5) is 5.69 Å². The second-order valence-corrected chi connectivity index (χ2v) is 6.20. The highest BCUT2D eigenvalue weighted by Gasteiger charge is 2.26. The van der Waals surface area contributed by atoms with E-state index in [2.05, 4.69) is 29.3 Å². The monoisotopic (exact) mass is 278 g/mol. The molecule has 3 heteroatoms. The van der Waals surface area contributed by atoms with Crippen molar-refractivity contribution in [3.05, 3.63) is 28.8 Å². The summed E-state index contributed by atoms with van der Waals surface area (Å²) in [4.78, 5) is 2.57. The van der Waals surface area contributed by atoms with Crippen LogP contribution in [0.5, 0.6) is 0 Å². The molecular weight excluding hydrogens is 256 g/mol. The Bertz CT molecular complexity index is 442. The Morgan fingerprint density at radius 3 is 2.89 bits per heavy atom. The van der Waals surface area contributed by atoms with Crippen LogP contribution in [-0.4, -0.2) is 18.6 Å². The molecule has 1 aliphatic heterocycles. The van der Waals surface area contributed by atoms with E-state index in [0.29, 0.717) is 6.04 Å². The fraction of sp³-hybridized carbons (Fsp3) is 0.625. The molecule has 0 aromatic heterocycles. The third-order valence-electron chi connectivity index (χ3n) is 4.40. The van der Waals surface area contributed by atoms with E-state index >= 15 is 0 Å². The minimum absolute atomic E-state index is 0.693. The molecule has 2 fully saturated rings. The average molecular weight is 279 g/mol. The lowest BCUT2D eigenvalue weighted by Gasteiger charge is -2.29. The summed E-state index contributed by atoms with van der Waals surface area (Å²) in [5.41, 5.74) is 2.64. The van der Waals surface area contributed by atoms with Crippen molar-refractivity contribution in [1.82, 2.24) is 5.32 Å². The molecule has 2 aliphatic rings. The van der Waals surface area contributed by atoms with Gasteiger partial charge >= 0.3 is 0 Å². The van der Waals surface area contributed by atoms with E-state index in [-0.39, 0.29) is 0 Å². The fourth-order valence-electron chi connectivity index (χ4n) is 3.10. The Morgan fingerprint density at radius 2 is 2.16 bits per heavy atom. The molecule has 1 saturated heterocycles. The van der Waals surface area contributed by atoms with E-state index in [0.717, 1.165) is 17.6 Å². The summed E-state index contributed by atoms with van der Waals surface area (Å²) >= 11 is 6.44. The van der Waals surface area contributed by atoms with Gasteiger partial charge in [0.15, 0.2) is 0 Å². The number of hydrogen-bond acceptors (Lipinski definition) is 2.